The van der Waals surface area contributed by atoms with Crippen LogP contribution in [-0.4, -0.2) is 82.0 Å². The maximum absolute atomic E-state index is 13.2. The van der Waals surface area contributed by atoms with E-state index in [0.717, 1.165) is 10.4 Å². The lowest BCUT2D eigenvalue weighted by molar-refractivity contribution is -0.139. The molecule has 1 fully saturated rings. The fraction of sp³-hybridized carbons (Fsp3) is 0.400. The van der Waals surface area contributed by atoms with Crippen LogP contribution in [0.15, 0.2) is 41.8 Å². The molecule has 0 bridgehead atoms. The van der Waals surface area contributed by atoms with Crippen molar-refractivity contribution in [3.63, 3.8) is 0 Å². The number of benzene rings is 1. The molecule has 1 saturated heterocycles. The molecule has 2 unspecified atom stereocenters. The van der Waals surface area contributed by atoms with Gasteiger partial charge in [0.15, 0.2) is 0 Å². The number of carbonyl (C=O) groups is 2. The zero-order valence-corrected chi connectivity index (χ0v) is 23.6. The van der Waals surface area contributed by atoms with Gasteiger partial charge in [0.1, 0.15) is 11.9 Å². The number of rotatable bonds is 11. The van der Waals surface area contributed by atoms with Gasteiger partial charge >= 0.3 is 0 Å². The van der Waals surface area contributed by atoms with E-state index in [1.807, 2.05) is 40.6 Å². The van der Waals surface area contributed by atoms with Crippen LogP contribution in [0.25, 0.3) is 0 Å². The van der Waals surface area contributed by atoms with Gasteiger partial charge in [-0.3, -0.25) is 9.59 Å². The number of thiophene rings is 1. The summed E-state index contributed by atoms with van der Waals surface area (Å²) in [5.41, 5.74) is 0.803. The molecule has 14 heteroatoms. The first-order valence-electron chi connectivity index (χ1n) is 12.4. The van der Waals surface area contributed by atoms with Gasteiger partial charge in [0, 0.05) is 36.6 Å². The van der Waals surface area contributed by atoms with Crippen molar-refractivity contribution in [1.29, 1.82) is 0 Å². The van der Waals surface area contributed by atoms with Crippen LogP contribution in [0.5, 0.6) is 0 Å². The smallest absolute Gasteiger partial charge is 0.244 e. The second kappa shape index (κ2) is 13.7. The number of amides is 2. The lowest BCUT2D eigenvalue weighted by Gasteiger charge is -2.40. The van der Waals surface area contributed by atoms with Crippen LogP contribution in [0, 0.1) is 0 Å². The van der Waals surface area contributed by atoms with Crippen LogP contribution < -0.4 is 20.9 Å². The molecule has 4 N–H and O–H groups in total. The summed E-state index contributed by atoms with van der Waals surface area (Å²) in [6.07, 6.45) is 0.380. The Hall–Kier alpha value is -3.19. The predicted octanol–water partition coefficient (Wildman–Crippen LogP) is 2.74. The number of aliphatic hydroxyl groups excluding tert-OH is 1. The molecule has 39 heavy (non-hydrogen) atoms. The molecule has 11 nitrogen and oxygen atoms in total. The number of nitrogens with one attached hydrogen (secondary N) is 3. The Kier molecular flexibility index (Phi) is 10.2. The molecule has 2 amide bonds. The molecule has 0 saturated carbocycles. The van der Waals surface area contributed by atoms with Crippen molar-refractivity contribution in [1.82, 2.24) is 25.2 Å². The fourth-order valence-corrected chi connectivity index (χ4v) is 5.37. The first kappa shape index (κ1) is 28.8. The molecular weight excluding hydrogens is 563 g/mol. The second-order valence-electron chi connectivity index (χ2n) is 8.74. The van der Waals surface area contributed by atoms with Crippen molar-refractivity contribution < 1.29 is 14.7 Å². The summed E-state index contributed by atoms with van der Waals surface area (Å²) in [6.45, 7) is 1.15. The molecule has 1 aromatic carbocycles. The number of carbonyl (C=O) groups excluding carboxylic acids is 2. The van der Waals surface area contributed by atoms with Crippen molar-refractivity contribution >= 4 is 64.2 Å². The Morgan fingerprint density at radius 1 is 1.15 bits per heavy atom. The highest BCUT2D eigenvalue weighted by atomic mass is 35.5. The first-order valence-corrected chi connectivity index (χ1v) is 14.2. The van der Waals surface area contributed by atoms with E-state index in [9.17, 15) is 14.7 Å². The molecule has 0 aliphatic carbocycles. The molecule has 0 spiro atoms. The number of anilines is 3. The number of aromatic nitrogens is 3. The van der Waals surface area contributed by atoms with Gasteiger partial charge in [0.25, 0.3) is 0 Å². The predicted molar refractivity (Wildman–Crippen MR) is 153 cm³/mol. The second-order valence-corrected chi connectivity index (χ2v) is 10.4. The normalized spacial score (nSPS) is 16.1. The average molecular weight is 594 g/mol. The summed E-state index contributed by atoms with van der Waals surface area (Å²) in [6, 6.07) is 10.1. The summed E-state index contributed by atoms with van der Waals surface area (Å²) in [4.78, 5) is 43.7. The maximum atomic E-state index is 13.2. The topological polar surface area (TPSA) is 136 Å². The highest BCUT2D eigenvalue weighted by Gasteiger charge is 2.36. The summed E-state index contributed by atoms with van der Waals surface area (Å²) >= 11 is 13.8. The van der Waals surface area contributed by atoms with E-state index >= 15 is 0 Å². The number of piperazine rings is 1. The number of nitrogens with zero attached hydrogens (tertiary/aromatic N) is 5. The minimum absolute atomic E-state index is 0.0709. The molecule has 0 radical (unpaired) electrons. The van der Waals surface area contributed by atoms with Crippen molar-refractivity contribution in [2.75, 3.05) is 54.7 Å². The molecule has 2 atom stereocenters. The first-order chi connectivity index (χ1) is 18.9. The Balaban J connectivity index is 1.57. The lowest BCUT2D eigenvalue weighted by Crippen LogP contribution is -2.61. The molecule has 3 heterocycles. The SMILES string of the molecule is CNc1nc(NC(CCO)c2ccccc2Cl)nc(N2CCN(C(=O)CCl)C(C(=O)NCc3cccs3)C2)n1. The van der Waals surface area contributed by atoms with Gasteiger partial charge in [0.2, 0.25) is 29.7 Å². The molecule has 2 aromatic heterocycles. The van der Waals surface area contributed by atoms with E-state index in [0.29, 0.717) is 36.4 Å². The Morgan fingerprint density at radius 3 is 2.64 bits per heavy atom. The zero-order valence-electron chi connectivity index (χ0n) is 21.3. The molecule has 1 aliphatic heterocycles. The fourth-order valence-electron chi connectivity index (χ4n) is 4.30. The van der Waals surface area contributed by atoms with Crippen LogP contribution in [-0.2, 0) is 16.1 Å². The van der Waals surface area contributed by atoms with Gasteiger partial charge in [-0.05, 0) is 29.5 Å². The van der Waals surface area contributed by atoms with E-state index in [1.54, 1.807) is 24.5 Å². The average Bonchev–Trinajstić information content (AvgIpc) is 3.49. The quantitative estimate of drug-likeness (QED) is 0.248. The van der Waals surface area contributed by atoms with Gasteiger partial charge in [-0.2, -0.15) is 15.0 Å². The van der Waals surface area contributed by atoms with Crippen LogP contribution in [0.4, 0.5) is 17.8 Å². The van der Waals surface area contributed by atoms with Crippen molar-refractivity contribution in [3.05, 3.63) is 57.2 Å². The minimum atomic E-state index is -0.776. The molecule has 3 aromatic rings. The highest BCUT2D eigenvalue weighted by Crippen LogP contribution is 2.28. The van der Waals surface area contributed by atoms with Gasteiger partial charge in [-0.25, -0.2) is 0 Å². The van der Waals surface area contributed by atoms with Crippen molar-refractivity contribution in [2.24, 2.45) is 0 Å². The van der Waals surface area contributed by atoms with Crippen LogP contribution in [0.1, 0.15) is 22.9 Å². The zero-order chi connectivity index (χ0) is 27.8. The maximum Gasteiger partial charge on any atom is 0.244 e. The van der Waals surface area contributed by atoms with E-state index < -0.39 is 6.04 Å². The summed E-state index contributed by atoms with van der Waals surface area (Å²) < 4.78 is 0. The third-order valence-corrected chi connectivity index (χ3v) is 7.72. The number of hydrogen-bond donors (Lipinski definition) is 4. The van der Waals surface area contributed by atoms with Crippen LogP contribution >= 0.6 is 34.5 Å². The van der Waals surface area contributed by atoms with Crippen LogP contribution in [0.2, 0.25) is 5.02 Å². The monoisotopic (exact) mass is 592 g/mol. The number of halogens is 2. The number of alkyl halides is 1. The van der Waals surface area contributed by atoms with Gasteiger partial charge in [-0.15, -0.1) is 22.9 Å². The molecule has 4 rings (SSSR count). The lowest BCUT2D eigenvalue weighted by atomic mass is 10.0. The summed E-state index contributed by atoms with van der Waals surface area (Å²) in [5.74, 6) is 0.130. The standard InChI is InChI=1S/C25H30Cl2N8O3S/c1-28-23-31-24(30-19(8-11-36)17-6-2-3-7-18(17)27)33-25(32-23)34-9-10-35(21(37)13-26)20(15-34)22(38)29-14-16-5-4-12-39-16/h2-7,12,19-20,36H,8-11,13-15H2,1H3,(H,29,38)(H2,28,30,31,32,33). The number of hydrogen-bond acceptors (Lipinski definition) is 10. The van der Waals surface area contributed by atoms with E-state index in [4.69, 9.17) is 23.2 Å². The van der Waals surface area contributed by atoms with E-state index in [2.05, 4.69) is 30.9 Å². The van der Waals surface area contributed by atoms with Crippen molar-refractivity contribution in [2.45, 2.75) is 25.0 Å². The third kappa shape index (κ3) is 7.27. The van der Waals surface area contributed by atoms with Gasteiger partial charge in [0.05, 0.1) is 19.1 Å². The Bertz CT molecular complexity index is 1270. The minimum Gasteiger partial charge on any atom is -0.396 e. The number of aliphatic hydroxyl groups is 1. The van der Waals surface area contributed by atoms with E-state index in [1.165, 1.54) is 4.90 Å². The summed E-state index contributed by atoms with van der Waals surface area (Å²) in [7, 11) is 1.69. The van der Waals surface area contributed by atoms with Crippen LogP contribution in [0.3, 0.4) is 0 Å². The molecule has 208 valence electrons. The van der Waals surface area contributed by atoms with Gasteiger partial charge < -0.3 is 30.9 Å². The summed E-state index contributed by atoms with van der Waals surface area (Å²) in [5, 5.41) is 21.3. The van der Waals surface area contributed by atoms with Crippen molar-refractivity contribution in [3.8, 4) is 0 Å². The van der Waals surface area contributed by atoms with Gasteiger partial charge in [-0.1, -0.05) is 35.9 Å². The third-order valence-electron chi connectivity index (χ3n) is 6.27. The molecular formula is C25H30Cl2N8O3S. The van der Waals surface area contributed by atoms with E-state index in [-0.39, 0.29) is 49.4 Å². The molecule has 1 aliphatic rings. The highest BCUT2D eigenvalue weighted by molar-refractivity contribution is 7.09. The largest absolute Gasteiger partial charge is 0.396 e. The Labute approximate surface area is 240 Å². The Morgan fingerprint density at radius 2 is 1.95 bits per heavy atom.